The quantitative estimate of drug-likeness (QED) is 0.602. The third kappa shape index (κ3) is 4.32. The van der Waals surface area contributed by atoms with E-state index in [2.05, 4.69) is 15.0 Å². The predicted octanol–water partition coefficient (Wildman–Crippen LogP) is -1.06. The third-order valence-corrected chi connectivity index (χ3v) is 3.01. The molecule has 6 heteroatoms. The molecule has 1 saturated heterocycles. The van der Waals surface area contributed by atoms with Crippen molar-refractivity contribution in [2.45, 2.75) is 19.4 Å². The minimum absolute atomic E-state index is 0.227. The van der Waals surface area contributed by atoms with Crippen LogP contribution in [0.1, 0.15) is 13.3 Å². The van der Waals surface area contributed by atoms with Crippen LogP contribution >= 0.6 is 0 Å². The first-order valence-corrected chi connectivity index (χ1v) is 5.84. The molecule has 98 valence electrons. The van der Waals surface area contributed by atoms with E-state index in [1.165, 1.54) is 14.0 Å². The first kappa shape index (κ1) is 13.9. The zero-order chi connectivity index (χ0) is 12.8. The van der Waals surface area contributed by atoms with Crippen molar-refractivity contribution in [2.24, 2.45) is 11.7 Å². The number of carbonyl (C=O) groups is 2. The molecule has 0 spiro atoms. The molecule has 1 aliphatic heterocycles. The van der Waals surface area contributed by atoms with Gasteiger partial charge >= 0.3 is 5.97 Å². The van der Waals surface area contributed by atoms with E-state index in [4.69, 9.17) is 5.73 Å². The predicted molar refractivity (Wildman–Crippen MR) is 63.2 cm³/mol. The molecule has 0 aliphatic carbocycles. The normalized spacial score (nSPS) is 22.2. The number of esters is 1. The van der Waals surface area contributed by atoms with Gasteiger partial charge in [0.1, 0.15) is 6.04 Å². The van der Waals surface area contributed by atoms with Crippen LogP contribution in [0.5, 0.6) is 0 Å². The fraction of sp³-hybridized carbons (Fsp3) is 0.818. The Bertz CT molecular complexity index is 283. The van der Waals surface area contributed by atoms with Gasteiger partial charge in [0.05, 0.1) is 7.11 Å². The molecule has 0 aromatic carbocycles. The smallest absolute Gasteiger partial charge is 0.329 e. The van der Waals surface area contributed by atoms with E-state index in [-0.39, 0.29) is 5.91 Å². The SMILES string of the molecule is COC(=O)C(CN1CCC(CN)C1)NC(C)=O. The minimum Gasteiger partial charge on any atom is -0.467 e. The maximum Gasteiger partial charge on any atom is 0.329 e. The van der Waals surface area contributed by atoms with Crippen LogP contribution in [0.4, 0.5) is 0 Å². The molecule has 0 bridgehead atoms. The highest BCUT2D eigenvalue weighted by molar-refractivity contribution is 5.83. The van der Waals surface area contributed by atoms with Gasteiger partial charge in [0.15, 0.2) is 0 Å². The fourth-order valence-corrected chi connectivity index (χ4v) is 2.10. The van der Waals surface area contributed by atoms with E-state index in [1.54, 1.807) is 0 Å². The van der Waals surface area contributed by atoms with Gasteiger partial charge in [-0.05, 0) is 25.4 Å². The van der Waals surface area contributed by atoms with Crippen LogP contribution in [0.15, 0.2) is 0 Å². The molecule has 1 rings (SSSR count). The van der Waals surface area contributed by atoms with Gasteiger partial charge in [0, 0.05) is 20.0 Å². The molecule has 3 N–H and O–H groups in total. The number of rotatable bonds is 5. The average Bonchev–Trinajstić information content (AvgIpc) is 2.74. The van der Waals surface area contributed by atoms with Gasteiger partial charge in [0.2, 0.25) is 5.91 Å². The van der Waals surface area contributed by atoms with Crippen molar-refractivity contribution in [1.29, 1.82) is 0 Å². The number of nitrogens with one attached hydrogen (secondary N) is 1. The summed E-state index contributed by atoms with van der Waals surface area (Å²) in [6, 6.07) is -0.589. The average molecular weight is 243 g/mol. The van der Waals surface area contributed by atoms with Crippen molar-refractivity contribution in [1.82, 2.24) is 10.2 Å². The van der Waals surface area contributed by atoms with Gasteiger partial charge in [-0.25, -0.2) is 4.79 Å². The van der Waals surface area contributed by atoms with E-state index in [9.17, 15) is 9.59 Å². The number of carbonyl (C=O) groups excluding carboxylic acids is 2. The summed E-state index contributed by atoms with van der Waals surface area (Å²) in [5, 5.41) is 2.60. The van der Waals surface area contributed by atoms with Gasteiger partial charge < -0.3 is 20.7 Å². The molecule has 17 heavy (non-hydrogen) atoms. The molecule has 0 radical (unpaired) electrons. The number of methoxy groups -OCH3 is 1. The number of nitrogens with two attached hydrogens (primary N) is 1. The zero-order valence-electron chi connectivity index (χ0n) is 10.4. The van der Waals surface area contributed by atoms with E-state index in [1.807, 2.05) is 0 Å². The molecular formula is C11H21N3O3. The molecule has 2 atom stereocenters. The number of hydrogen-bond acceptors (Lipinski definition) is 5. The lowest BCUT2D eigenvalue weighted by atomic mass is 10.1. The molecule has 1 heterocycles. The van der Waals surface area contributed by atoms with Crippen molar-refractivity contribution in [3.8, 4) is 0 Å². The summed E-state index contributed by atoms with van der Waals surface area (Å²) in [5.74, 6) is -0.142. The number of likely N-dealkylation sites (tertiary alicyclic amines) is 1. The van der Waals surface area contributed by atoms with Crippen molar-refractivity contribution in [3.63, 3.8) is 0 Å². The number of nitrogens with zero attached hydrogens (tertiary/aromatic N) is 1. The summed E-state index contributed by atoms with van der Waals surface area (Å²) in [6.07, 6.45) is 1.05. The summed E-state index contributed by atoms with van der Waals surface area (Å²) < 4.78 is 4.67. The Balaban J connectivity index is 2.48. The van der Waals surface area contributed by atoms with Gasteiger partial charge in [-0.1, -0.05) is 0 Å². The molecule has 1 aliphatic rings. The molecular weight excluding hydrogens is 222 g/mol. The lowest BCUT2D eigenvalue weighted by Crippen LogP contribution is -2.48. The molecule has 1 amide bonds. The number of hydrogen-bond donors (Lipinski definition) is 2. The van der Waals surface area contributed by atoms with Crippen LogP contribution in [-0.4, -0.2) is 56.1 Å². The van der Waals surface area contributed by atoms with Crippen LogP contribution in [0.25, 0.3) is 0 Å². The van der Waals surface area contributed by atoms with Crippen LogP contribution in [0.3, 0.4) is 0 Å². The summed E-state index contributed by atoms with van der Waals surface area (Å²) in [4.78, 5) is 24.6. The summed E-state index contributed by atoms with van der Waals surface area (Å²) >= 11 is 0. The lowest BCUT2D eigenvalue weighted by molar-refractivity contribution is -0.145. The molecule has 0 saturated carbocycles. The second-order valence-corrected chi connectivity index (χ2v) is 4.43. The van der Waals surface area contributed by atoms with Crippen LogP contribution in [0, 0.1) is 5.92 Å². The summed E-state index contributed by atoms with van der Waals surface area (Å²) in [5.41, 5.74) is 5.61. The van der Waals surface area contributed by atoms with Crippen LogP contribution in [-0.2, 0) is 14.3 Å². The van der Waals surface area contributed by atoms with Gasteiger partial charge in [-0.3, -0.25) is 4.79 Å². The zero-order valence-corrected chi connectivity index (χ0v) is 10.4. The highest BCUT2D eigenvalue weighted by atomic mass is 16.5. The number of ether oxygens (including phenoxy) is 1. The minimum atomic E-state index is -0.589. The Labute approximate surface area is 101 Å². The second-order valence-electron chi connectivity index (χ2n) is 4.43. The Hall–Kier alpha value is -1.14. The van der Waals surface area contributed by atoms with Gasteiger partial charge in [-0.2, -0.15) is 0 Å². The summed E-state index contributed by atoms with van der Waals surface area (Å²) in [6.45, 7) is 4.34. The first-order valence-electron chi connectivity index (χ1n) is 5.84. The molecule has 0 aromatic heterocycles. The Morgan fingerprint density at radius 1 is 1.59 bits per heavy atom. The maximum absolute atomic E-state index is 11.5. The monoisotopic (exact) mass is 243 g/mol. The largest absolute Gasteiger partial charge is 0.467 e. The molecule has 6 nitrogen and oxygen atoms in total. The second kappa shape index (κ2) is 6.56. The highest BCUT2D eigenvalue weighted by Crippen LogP contribution is 2.14. The first-order chi connectivity index (χ1) is 8.06. The van der Waals surface area contributed by atoms with E-state index in [0.717, 1.165) is 19.5 Å². The fourth-order valence-electron chi connectivity index (χ4n) is 2.10. The maximum atomic E-state index is 11.5. The number of amides is 1. The van der Waals surface area contributed by atoms with Crippen molar-refractivity contribution in [2.75, 3.05) is 33.3 Å². The Morgan fingerprint density at radius 2 is 2.29 bits per heavy atom. The van der Waals surface area contributed by atoms with Crippen molar-refractivity contribution in [3.05, 3.63) is 0 Å². The van der Waals surface area contributed by atoms with Crippen LogP contribution in [0.2, 0.25) is 0 Å². The Kier molecular flexibility index (Phi) is 5.37. The highest BCUT2D eigenvalue weighted by Gasteiger charge is 2.27. The molecule has 1 fully saturated rings. The van der Waals surface area contributed by atoms with E-state index < -0.39 is 12.0 Å². The lowest BCUT2D eigenvalue weighted by Gasteiger charge is -2.22. The molecule has 2 unspecified atom stereocenters. The van der Waals surface area contributed by atoms with E-state index in [0.29, 0.717) is 19.0 Å². The van der Waals surface area contributed by atoms with Gasteiger partial charge in [0.25, 0.3) is 0 Å². The third-order valence-electron chi connectivity index (χ3n) is 3.01. The van der Waals surface area contributed by atoms with Gasteiger partial charge in [-0.15, -0.1) is 0 Å². The topological polar surface area (TPSA) is 84.7 Å². The summed E-state index contributed by atoms with van der Waals surface area (Å²) in [7, 11) is 1.32. The van der Waals surface area contributed by atoms with Crippen LogP contribution < -0.4 is 11.1 Å². The standard InChI is InChI=1S/C11H21N3O3/c1-8(15)13-10(11(16)17-2)7-14-4-3-9(5-12)6-14/h9-10H,3-7,12H2,1-2H3,(H,13,15). The molecule has 0 aromatic rings. The van der Waals surface area contributed by atoms with Crippen molar-refractivity contribution >= 4 is 11.9 Å². The van der Waals surface area contributed by atoms with Crippen molar-refractivity contribution < 1.29 is 14.3 Å². The Morgan fingerprint density at radius 3 is 2.76 bits per heavy atom. The van der Waals surface area contributed by atoms with E-state index >= 15 is 0 Å².